The second kappa shape index (κ2) is 10.1. The molecule has 2 heterocycles. The Hall–Kier alpha value is -3.77. The Labute approximate surface area is 207 Å². The lowest BCUT2D eigenvalue weighted by atomic mass is 9.85. The van der Waals surface area contributed by atoms with Gasteiger partial charge in [0, 0.05) is 12.1 Å². The van der Waals surface area contributed by atoms with E-state index < -0.39 is 36.0 Å². The van der Waals surface area contributed by atoms with Gasteiger partial charge in [0.1, 0.15) is 29.7 Å². The molecule has 12 nitrogen and oxygen atoms in total. The van der Waals surface area contributed by atoms with Crippen LogP contribution in [0.5, 0.6) is 0 Å². The lowest BCUT2D eigenvalue weighted by Crippen LogP contribution is -2.54. The Balaban J connectivity index is 1.34. The quantitative estimate of drug-likeness (QED) is 0.347. The number of aromatic nitrogens is 4. The molecule has 0 aliphatic heterocycles. The predicted octanol–water partition coefficient (Wildman–Crippen LogP) is 1.29. The van der Waals surface area contributed by atoms with Crippen LogP contribution in [-0.2, 0) is 11.3 Å². The molecule has 0 spiro atoms. The topological polar surface area (TPSA) is 178 Å². The zero-order chi connectivity index (χ0) is 26.0. The third kappa shape index (κ3) is 5.55. The first-order valence-electron chi connectivity index (χ1n) is 11.7. The molecular weight excluding hydrogens is 466 g/mol. The summed E-state index contributed by atoms with van der Waals surface area (Å²) in [7, 11) is 0. The molecule has 12 heteroatoms. The number of anilines is 1. The number of nitrogens with two attached hydrogens (primary N) is 1. The van der Waals surface area contributed by atoms with Gasteiger partial charge in [0.05, 0.1) is 18.4 Å². The van der Waals surface area contributed by atoms with Crippen molar-refractivity contribution in [2.24, 2.45) is 0 Å². The summed E-state index contributed by atoms with van der Waals surface area (Å²) in [6.45, 7) is 5.61. The van der Waals surface area contributed by atoms with Crippen molar-refractivity contribution in [1.82, 2.24) is 30.2 Å². The fourth-order valence-electron chi connectivity index (χ4n) is 4.25. The Bertz CT molecular complexity index is 1240. The molecule has 2 amide bonds. The number of carbonyl (C=O) groups excluding carboxylic acids is 2. The van der Waals surface area contributed by atoms with Gasteiger partial charge in [-0.15, -0.1) is 0 Å². The monoisotopic (exact) mass is 497 g/mol. The van der Waals surface area contributed by atoms with E-state index in [0.717, 1.165) is 5.56 Å². The smallest absolute Gasteiger partial charge is 0.407 e. The van der Waals surface area contributed by atoms with E-state index in [2.05, 4.69) is 25.6 Å². The van der Waals surface area contributed by atoms with Crippen molar-refractivity contribution in [3.05, 3.63) is 48.0 Å². The van der Waals surface area contributed by atoms with E-state index in [-0.39, 0.29) is 18.3 Å². The Morgan fingerprint density at radius 1 is 1.11 bits per heavy atom. The van der Waals surface area contributed by atoms with Gasteiger partial charge in [-0.05, 0) is 51.3 Å². The summed E-state index contributed by atoms with van der Waals surface area (Å²) < 4.78 is 6.89. The lowest BCUT2D eigenvalue weighted by Gasteiger charge is -2.38. The first-order valence-corrected chi connectivity index (χ1v) is 11.7. The van der Waals surface area contributed by atoms with E-state index >= 15 is 0 Å². The molecule has 0 radical (unpaired) electrons. The number of hydrogen-bond donors (Lipinski definition) is 5. The lowest BCUT2D eigenvalue weighted by molar-refractivity contribution is -0.0552. The Morgan fingerprint density at radius 3 is 2.53 bits per heavy atom. The number of benzene rings is 1. The van der Waals surface area contributed by atoms with E-state index in [0.29, 0.717) is 29.6 Å². The van der Waals surface area contributed by atoms with Crippen molar-refractivity contribution < 1.29 is 24.5 Å². The van der Waals surface area contributed by atoms with Crippen LogP contribution < -0.4 is 16.4 Å². The summed E-state index contributed by atoms with van der Waals surface area (Å²) in [5.74, 6) is -0.133. The average Bonchev–Trinajstić information content (AvgIpc) is 3.25. The molecule has 1 fully saturated rings. The van der Waals surface area contributed by atoms with Crippen LogP contribution in [0.25, 0.3) is 11.2 Å². The number of rotatable bonds is 5. The van der Waals surface area contributed by atoms with Gasteiger partial charge in [0.25, 0.3) is 5.91 Å². The fraction of sp³-hybridized carbons (Fsp3) is 0.458. The van der Waals surface area contributed by atoms with Crippen LogP contribution in [0.3, 0.4) is 0 Å². The molecule has 0 bridgehead atoms. The number of amides is 2. The number of ether oxygens (including phenoxy) is 1. The van der Waals surface area contributed by atoms with Gasteiger partial charge in [0.15, 0.2) is 11.5 Å². The minimum absolute atomic E-state index is 0.237. The number of imidazole rings is 1. The molecule has 1 aliphatic carbocycles. The summed E-state index contributed by atoms with van der Waals surface area (Å²) in [4.78, 5) is 36.9. The molecule has 0 saturated heterocycles. The van der Waals surface area contributed by atoms with E-state index in [1.807, 2.05) is 0 Å². The minimum Gasteiger partial charge on any atom is -0.444 e. The molecule has 1 saturated carbocycles. The second-order valence-electron chi connectivity index (χ2n) is 9.84. The Morgan fingerprint density at radius 2 is 1.83 bits per heavy atom. The molecule has 3 aromatic rings. The molecular formula is C24H31N7O5. The van der Waals surface area contributed by atoms with Crippen molar-refractivity contribution in [2.45, 2.75) is 70.1 Å². The summed E-state index contributed by atoms with van der Waals surface area (Å²) >= 11 is 0. The number of aliphatic hydroxyl groups is 2. The van der Waals surface area contributed by atoms with Gasteiger partial charge >= 0.3 is 6.09 Å². The van der Waals surface area contributed by atoms with Crippen LogP contribution in [0, 0.1) is 0 Å². The molecule has 192 valence electrons. The molecule has 36 heavy (non-hydrogen) atoms. The molecule has 0 unspecified atom stereocenters. The zero-order valence-corrected chi connectivity index (χ0v) is 20.4. The summed E-state index contributed by atoms with van der Waals surface area (Å²) in [6.07, 6.45) is 0.894. The van der Waals surface area contributed by atoms with E-state index in [9.17, 15) is 19.8 Å². The Kier molecular flexibility index (Phi) is 7.09. The average molecular weight is 498 g/mol. The largest absolute Gasteiger partial charge is 0.444 e. The van der Waals surface area contributed by atoms with Crippen LogP contribution in [0.15, 0.2) is 36.9 Å². The van der Waals surface area contributed by atoms with Crippen molar-refractivity contribution in [3.8, 4) is 0 Å². The van der Waals surface area contributed by atoms with Crippen molar-refractivity contribution in [1.29, 1.82) is 0 Å². The van der Waals surface area contributed by atoms with E-state index in [4.69, 9.17) is 10.5 Å². The summed E-state index contributed by atoms with van der Waals surface area (Å²) in [5.41, 5.74) is 7.36. The van der Waals surface area contributed by atoms with Gasteiger partial charge in [0.2, 0.25) is 0 Å². The number of alkyl carbamates (subject to hydrolysis) is 1. The highest BCUT2D eigenvalue weighted by atomic mass is 16.6. The van der Waals surface area contributed by atoms with Crippen LogP contribution in [0.4, 0.5) is 10.6 Å². The molecule has 4 rings (SSSR count). The highest BCUT2D eigenvalue weighted by Gasteiger charge is 2.39. The highest BCUT2D eigenvalue weighted by Crippen LogP contribution is 2.32. The molecule has 1 aromatic carbocycles. The van der Waals surface area contributed by atoms with Gasteiger partial charge in [-0.2, -0.15) is 0 Å². The van der Waals surface area contributed by atoms with Gasteiger partial charge in [-0.3, -0.25) is 4.79 Å². The SMILES string of the molecule is CC(C)(C)OC(=O)NCc1ccc(C(=O)N[C@@H]2CC[C@@H](n3cnc4c(N)ncnc43)[C@@H](O)[C@@H]2O)cc1. The first kappa shape index (κ1) is 25.3. The highest BCUT2D eigenvalue weighted by molar-refractivity contribution is 5.94. The van der Waals surface area contributed by atoms with Crippen molar-refractivity contribution in [2.75, 3.05) is 5.73 Å². The van der Waals surface area contributed by atoms with Gasteiger partial charge < -0.3 is 35.9 Å². The second-order valence-corrected chi connectivity index (χ2v) is 9.84. The van der Waals surface area contributed by atoms with Crippen molar-refractivity contribution >= 4 is 29.0 Å². The molecule has 6 N–H and O–H groups in total. The summed E-state index contributed by atoms with van der Waals surface area (Å²) in [5, 5.41) is 27.1. The van der Waals surface area contributed by atoms with Crippen LogP contribution in [0.1, 0.15) is 55.6 Å². The maximum atomic E-state index is 12.8. The maximum Gasteiger partial charge on any atom is 0.407 e. The van der Waals surface area contributed by atoms with E-state index in [1.54, 1.807) is 49.6 Å². The van der Waals surface area contributed by atoms with E-state index in [1.165, 1.54) is 12.7 Å². The maximum absolute atomic E-state index is 12.8. The van der Waals surface area contributed by atoms with Crippen LogP contribution in [0.2, 0.25) is 0 Å². The third-order valence-electron chi connectivity index (χ3n) is 6.04. The standard InChI is InChI=1S/C24H31N7O5/c1-24(2,3)36-23(35)26-10-13-4-6-14(7-5-13)22(34)30-15-8-9-16(19(33)18(15)32)31-12-29-17-20(25)27-11-28-21(17)31/h4-7,11-12,15-16,18-19,32-33H,8-10H2,1-3H3,(H,26,35)(H,30,34)(H2,25,27,28)/t15-,16-,18-,19-/m1/s1. The van der Waals surface area contributed by atoms with Gasteiger partial charge in [-0.1, -0.05) is 12.1 Å². The van der Waals surface area contributed by atoms with Crippen LogP contribution in [-0.4, -0.2) is 65.6 Å². The van der Waals surface area contributed by atoms with Gasteiger partial charge in [-0.25, -0.2) is 19.7 Å². The van der Waals surface area contributed by atoms with Crippen LogP contribution >= 0.6 is 0 Å². The third-order valence-corrected chi connectivity index (χ3v) is 6.04. The fourth-order valence-corrected chi connectivity index (χ4v) is 4.25. The minimum atomic E-state index is -1.19. The van der Waals surface area contributed by atoms with Crippen molar-refractivity contribution in [3.63, 3.8) is 0 Å². The number of carbonyl (C=O) groups is 2. The number of fused-ring (bicyclic) bond motifs is 1. The number of aliphatic hydroxyl groups excluding tert-OH is 2. The normalized spacial score (nSPS) is 22.2. The first-order chi connectivity index (χ1) is 17.0. The molecule has 2 aromatic heterocycles. The number of nitrogens with one attached hydrogen (secondary N) is 2. The zero-order valence-electron chi connectivity index (χ0n) is 20.4. The number of hydrogen-bond acceptors (Lipinski definition) is 9. The molecule has 4 atom stereocenters. The molecule has 1 aliphatic rings. The predicted molar refractivity (Wildman–Crippen MR) is 131 cm³/mol. The number of nitrogens with zero attached hydrogens (tertiary/aromatic N) is 4. The summed E-state index contributed by atoms with van der Waals surface area (Å²) in [6, 6.07) is 5.61. The number of nitrogen functional groups attached to an aromatic ring is 1.